The van der Waals surface area contributed by atoms with E-state index in [0.717, 1.165) is 45.3 Å². The third-order valence-electron chi connectivity index (χ3n) is 3.33. The Labute approximate surface area is 118 Å². The topological polar surface area (TPSA) is 59.8 Å². The predicted octanol–water partition coefficient (Wildman–Crippen LogP) is -0.591. The van der Waals surface area contributed by atoms with Gasteiger partial charge in [-0.2, -0.15) is 0 Å². The number of hydrogen-bond acceptors (Lipinski definition) is 3. The van der Waals surface area contributed by atoms with Crippen molar-refractivity contribution >= 4 is 10.0 Å². The number of morpholine rings is 1. The third kappa shape index (κ3) is 4.24. The number of benzene rings is 1. The molecule has 2 rings (SSSR count). The first kappa shape index (κ1) is 15.4. The average Bonchev–Trinajstić information content (AvgIpc) is 2.45. The number of sulfonamides is 1. The normalized spacial score (nSPS) is 17.2. The van der Waals surface area contributed by atoms with Gasteiger partial charge in [0, 0.05) is 13.0 Å². The van der Waals surface area contributed by atoms with Crippen LogP contribution in [0, 0.1) is 5.82 Å². The first-order valence-electron chi connectivity index (χ1n) is 6.75. The summed E-state index contributed by atoms with van der Waals surface area (Å²) >= 11 is 0. The van der Waals surface area contributed by atoms with Gasteiger partial charge in [0.25, 0.3) is 0 Å². The van der Waals surface area contributed by atoms with Gasteiger partial charge in [-0.3, -0.25) is 0 Å². The Bertz CT molecular complexity index is 530. The van der Waals surface area contributed by atoms with Gasteiger partial charge in [0.05, 0.1) is 19.8 Å². The van der Waals surface area contributed by atoms with Crippen LogP contribution < -0.4 is 9.62 Å². The van der Waals surface area contributed by atoms with Crippen molar-refractivity contribution in [3.8, 4) is 0 Å². The molecule has 0 saturated carbocycles. The van der Waals surface area contributed by atoms with Crippen LogP contribution >= 0.6 is 0 Å². The maximum absolute atomic E-state index is 13.4. The van der Waals surface area contributed by atoms with Gasteiger partial charge in [0.1, 0.15) is 23.8 Å². The van der Waals surface area contributed by atoms with Crippen LogP contribution in [0.3, 0.4) is 0 Å². The summed E-state index contributed by atoms with van der Waals surface area (Å²) in [6.45, 7) is 4.65. The largest absolute Gasteiger partial charge is 0.370 e. The number of nitrogens with one attached hydrogen (secondary N) is 2. The van der Waals surface area contributed by atoms with Crippen LogP contribution in [0.5, 0.6) is 0 Å². The van der Waals surface area contributed by atoms with Crippen molar-refractivity contribution < 1.29 is 22.4 Å². The fraction of sp³-hybridized carbons (Fsp3) is 0.538. The number of ether oxygens (including phenoxy) is 1. The average molecular weight is 303 g/mol. The Kier molecular flexibility index (Phi) is 5.47. The monoisotopic (exact) mass is 303 g/mol. The van der Waals surface area contributed by atoms with E-state index in [-0.39, 0.29) is 4.90 Å². The van der Waals surface area contributed by atoms with Crippen molar-refractivity contribution in [3.05, 3.63) is 30.1 Å². The molecule has 0 bridgehead atoms. The molecule has 1 saturated heterocycles. The fourth-order valence-corrected chi connectivity index (χ4v) is 3.35. The van der Waals surface area contributed by atoms with Gasteiger partial charge in [-0.05, 0) is 12.1 Å². The molecule has 0 unspecified atom stereocenters. The zero-order chi connectivity index (χ0) is 14.4. The van der Waals surface area contributed by atoms with Crippen LogP contribution in [0.1, 0.15) is 6.42 Å². The van der Waals surface area contributed by atoms with E-state index in [4.69, 9.17) is 4.74 Å². The van der Waals surface area contributed by atoms with Gasteiger partial charge in [-0.25, -0.2) is 17.5 Å². The van der Waals surface area contributed by atoms with Gasteiger partial charge >= 0.3 is 0 Å². The van der Waals surface area contributed by atoms with Gasteiger partial charge < -0.3 is 9.64 Å². The Balaban J connectivity index is 1.79. The summed E-state index contributed by atoms with van der Waals surface area (Å²) < 4.78 is 45.0. The van der Waals surface area contributed by atoms with Crippen LogP contribution in [0.15, 0.2) is 29.2 Å². The summed E-state index contributed by atoms with van der Waals surface area (Å²) in [6, 6.07) is 5.39. The number of halogens is 1. The van der Waals surface area contributed by atoms with Crippen LogP contribution in [0.2, 0.25) is 0 Å². The van der Waals surface area contributed by atoms with Crippen LogP contribution in [-0.4, -0.2) is 47.8 Å². The summed E-state index contributed by atoms with van der Waals surface area (Å²) in [5.41, 5.74) is 0. The van der Waals surface area contributed by atoms with Crippen molar-refractivity contribution in [2.24, 2.45) is 0 Å². The van der Waals surface area contributed by atoms with E-state index >= 15 is 0 Å². The third-order valence-corrected chi connectivity index (χ3v) is 4.82. The van der Waals surface area contributed by atoms with E-state index in [2.05, 4.69) is 4.72 Å². The van der Waals surface area contributed by atoms with Gasteiger partial charge in [0.15, 0.2) is 0 Å². The minimum atomic E-state index is -3.75. The summed E-state index contributed by atoms with van der Waals surface area (Å²) in [4.78, 5) is 1.13. The van der Waals surface area contributed by atoms with Crippen molar-refractivity contribution in [1.29, 1.82) is 0 Å². The fourth-order valence-electron chi connectivity index (χ4n) is 2.20. The van der Waals surface area contributed by atoms with E-state index in [1.807, 2.05) is 0 Å². The standard InChI is InChI=1S/C13H19FN2O3S/c14-12-4-1-2-5-13(12)20(17,18)15-6-3-7-16-8-10-19-11-9-16/h1-2,4-5,15H,3,6-11H2/p+1. The summed E-state index contributed by atoms with van der Waals surface area (Å²) in [6.07, 6.45) is 0.725. The molecule has 1 aromatic carbocycles. The lowest BCUT2D eigenvalue weighted by Crippen LogP contribution is -3.14. The number of hydrogen-bond donors (Lipinski definition) is 2. The Morgan fingerprint density at radius 2 is 1.95 bits per heavy atom. The number of quaternary nitrogens is 1. The maximum Gasteiger partial charge on any atom is 0.243 e. The van der Waals surface area contributed by atoms with Crippen LogP contribution in [0.25, 0.3) is 0 Å². The molecule has 1 heterocycles. The van der Waals surface area contributed by atoms with Crippen molar-refractivity contribution in [1.82, 2.24) is 4.72 Å². The smallest absolute Gasteiger partial charge is 0.243 e. The lowest BCUT2D eigenvalue weighted by atomic mass is 10.3. The molecule has 1 aliphatic rings. The second-order valence-electron chi connectivity index (χ2n) is 4.79. The molecule has 7 heteroatoms. The SMILES string of the molecule is O=S(=O)(NCCC[NH+]1CCOCC1)c1ccccc1F. The molecule has 0 radical (unpaired) electrons. The Morgan fingerprint density at radius 3 is 2.65 bits per heavy atom. The zero-order valence-corrected chi connectivity index (χ0v) is 12.1. The highest BCUT2D eigenvalue weighted by molar-refractivity contribution is 7.89. The van der Waals surface area contributed by atoms with Gasteiger partial charge in [-0.1, -0.05) is 12.1 Å². The Hall–Kier alpha value is -1.02. The molecule has 0 spiro atoms. The van der Waals surface area contributed by atoms with Gasteiger partial charge in [-0.15, -0.1) is 0 Å². The van der Waals surface area contributed by atoms with Crippen LogP contribution in [0.4, 0.5) is 4.39 Å². The highest BCUT2D eigenvalue weighted by atomic mass is 32.2. The van der Waals surface area contributed by atoms with E-state index in [1.54, 1.807) is 0 Å². The van der Waals surface area contributed by atoms with Crippen LogP contribution in [-0.2, 0) is 14.8 Å². The first-order valence-corrected chi connectivity index (χ1v) is 8.23. The Morgan fingerprint density at radius 1 is 1.25 bits per heavy atom. The van der Waals surface area contributed by atoms with E-state index in [0.29, 0.717) is 6.54 Å². The summed E-state index contributed by atoms with van der Waals surface area (Å²) in [5.74, 6) is -0.723. The molecule has 112 valence electrons. The highest BCUT2D eigenvalue weighted by Gasteiger charge is 2.18. The summed E-state index contributed by atoms with van der Waals surface area (Å²) in [5, 5.41) is 0. The maximum atomic E-state index is 13.4. The van der Waals surface area contributed by atoms with E-state index in [1.165, 1.54) is 23.1 Å². The summed E-state index contributed by atoms with van der Waals surface area (Å²) in [7, 11) is -3.75. The van der Waals surface area contributed by atoms with Crippen molar-refractivity contribution in [2.45, 2.75) is 11.3 Å². The predicted molar refractivity (Wildman–Crippen MR) is 72.6 cm³/mol. The van der Waals surface area contributed by atoms with Gasteiger partial charge in [0.2, 0.25) is 10.0 Å². The second-order valence-corrected chi connectivity index (χ2v) is 6.53. The van der Waals surface area contributed by atoms with E-state index in [9.17, 15) is 12.8 Å². The molecule has 5 nitrogen and oxygen atoms in total. The lowest BCUT2D eigenvalue weighted by Gasteiger charge is -2.23. The molecular weight excluding hydrogens is 283 g/mol. The molecule has 0 atom stereocenters. The first-order chi connectivity index (χ1) is 9.59. The molecule has 1 aliphatic heterocycles. The molecule has 1 fully saturated rings. The molecule has 0 amide bonds. The molecule has 20 heavy (non-hydrogen) atoms. The quantitative estimate of drug-likeness (QED) is 0.691. The van der Waals surface area contributed by atoms with E-state index < -0.39 is 15.8 Å². The zero-order valence-electron chi connectivity index (χ0n) is 11.3. The minimum absolute atomic E-state index is 0.293. The number of rotatable bonds is 6. The molecular formula is C13H20FN2O3S+. The molecule has 2 N–H and O–H groups in total. The molecule has 0 aliphatic carbocycles. The lowest BCUT2D eigenvalue weighted by molar-refractivity contribution is -0.908. The minimum Gasteiger partial charge on any atom is -0.370 e. The van der Waals surface area contributed by atoms with Crippen molar-refractivity contribution in [2.75, 3.05) is 39.4 Å². The second kappa shape index (κ2) is 7.12. The molecule has 1 aromatic rings. The molecule has 0 aromatic heterocycles. The van der Waals surface area contributed by atoms with Crippen molar-refractivity contribution in [3.63, 3.8) is 0 Å². The highest BCUT2D eigenvalue weighted by Crippen LogP contribution is 2.12.